The van der Waals surface area contributed by atoms with E-state index >= 15 is 0 Å². The molecule has 10 nitrogen and oxygen atoms in total. The lowest BCUT2D eigenvalue weighted by Crippen LogP contribution is -2.50. The van der Waals surface area contributed by atoms with Crippen LogP contribution in [0.25, 0.3) is 0 Å². The lowest BCUT2D eigenvalue weighted by molar-refractivity contribution is -0.137. The first kappa shape index (κ1) is 30.8. The van der Waals surface area contributed by atoms with Gasteiger partial charge in [-0.1, -0.05) is 12.8 Å². The number of rotatable bonds is 9. The number of aromatic nitrogens is 2. The maximum absolute atomic E-state index is 14.0. The average Bonchev–Trinajstić information content (AvgIpc) is 3.83. The van der Waals surface area contributed by atoms with Crippen LogP contribution < -0.4 is 20.7 Å². The first-order chi connectivity index (χ1) is 20.5. The lowest BCUT2D eigenvalue weighted by Gasteiger charge is -2.39. The van der Waals surface area contributed by atoms with E-state index in [9.17, 15) is 22.8 Å². The third kappa shape index (κ3) is 7.49. The summed E-state index contributed by atoms with van der Waals surface area (Å²) in [6, 6.07) is 4.29. The largest absolute Gasteiger partial charge is 0.495 e. The molecule has 2 aromatic rings. The molecule has 234 valence electrons. The van der Waals surface area contributed by atoms with Crippen LogP contribution in [0.5, 0.6) is 5.75 Å². The van der Waals surface area contributed by atoms with Crippen molar-refractivity contribution in [3.05, 3.63) is 35.5 Å². The van der Waals surface area contributed by atoms with Crippen molar-refractivity contribution in [3.63, 3.8) is 0 Å². The van der Waals surface area contributed by atoms with Crippen molar-refractivity contribution >= 4 is 29.3 Å². The standard InChI is InChI=1S/C30H40F3N7O3/c1-39-14-12-20(13-15-39)35-27(41)19-10-11-23(25(16-19)43-3)37-29-34-17-21(30(31,32)33)26(38-29)36-22-6-4-5-7-24(22)40(2)28(42)18-8-9-18/h10-11,16-18,20,22,24H,4-9,12-15H2,1-3H3,(H,35,41)(H2,34,36,37,38)/t22-,24-/m1/s1. The molecule has 13 heteroatoms. The fourth-order valence-corrected chi connectivity index (χ4v) is 5.94. The average molecular weight is 604 g/mol. The van der Waals surface area contributed by atoms with E-state index in [1.165, 1.54) is 7.11 Å². The summed E-state index contributed by atoms with van der Waals surface area (Å²) in [5.74, 6) is -0.231. The Hall–Kier alpha value is -3.61. The van der Waals surface area contributed by atoms with Crippen LogP contribution in [0.15, 0.2) is 24.4 Å². The Kier molecular flexibility index (Phi) is 9.28. The van der Waals surface area contributed by atoms with Crippen LogP contribution >= 0.6 is 0 Å². The first-order valence-corrected chi connectivity index (χ1v) is 15.0. The van der Waals surface area contributed by atoms with Crippen LogP contribution in [-0.2, 0) is 11.0 Å². The monoisotopic (exact) mass is 603 g/mol. The quantitative estimate of drug-likeness (QED) is 0.380. The molecule has 0 unspecified atom stereocenters. The molecule has 2 heterocycles. The summed E-state index contributed by atoms with van der Waals surface area (Å²) in [6.45, 7) is 1.83. The molecule has 3 fully saturated rings. The Bertz CT molecular complexity index is 1310. The number of likely N-dealkylation sites (N-methyl/N-ethyl adjacent to an activating group) is 1. The fourth-order valence-electron chi connectivity index (χ4n) is 5.94. The Morgan fingerprint density at radius 2 is 1.79 bits per heavy atom. The summed E-state index contributed by atoms with van der Waals surface area (Å²) < 4.78 is 47.6. The van der Waals surface area contributed by atoms with Crippen molar-refractivity contribution in [2.45, 2.75) is 75.7 Å². The highest BCUT2D eigenvalue weighted by Crippen LogP contribution is 2.38. The molecule has 3 aliphatic rings. The molecular formula is C30H40F3N7O3. The number of amides is 2. The van der Waals surface area contributed by atoms with Gasteiger partial charge in [0.2, 0.25) is 11.9 Å². The molecular weight excluding hydrogens is 563 g/mol. The Balaban J connectivity index is 1.34. The predicted octanol–water partition coefficient (Wildman–Crippen LogP) is 4.66. The van der Waals surface area contributed by atoms with Crippen LogP contribution in [-0.4, -0.2) is 84.0 Å². The Morgan fingerprint density at radius 3 is 2.47 bits per heavy atom. The minimum Gasteiger partial charge on any atom is -0.495 e. The smallest absolute Gasteiger partial charge is 0.421 e. The van der Waals surface area contributed by atoms with E-state index in [1.54, 1.807) is 30.1 Å². The SMILES string of the molecule is COc1cc(C(=O)NC2CCN(C)CC2)ccc1Nc1ncc(C(F)(F)F)c(N[C@@H]2CCCC[C@H]2N(C)C(=O)C2CC2)n1. The number of benzene rings is 1. The molecule has 1 aromatic carbocycles. The van der Waals surface area contributed by atoms with Crippen molar-refractivity contribution in [1.82, 2.24) is 25.1 Å². The van der Waals surface area contributed by atoms with Gasteiger partial charge in [0.15, 0.2) is 0 Å². The van der Waals surface area contributed by atoms with Crippen molar-refractivity contribution < 1.29 is 27.5 Å². The highest BCUT2D eigenvalue weighted by molar-refractivity contribution is 5.95. The summed E-state index contributed by atoms with van der Waals surface area (Å²) in [5.41, 5.74) is -0.175. The third-order valence-corrected chi connectivity index (χ3v) is 8.68. The molecule has 0 radical (unpaired) electrons. The highest BCUT2D eigenvalue weighted by atomic mass is 19.4. The molecule has 0 spiro atoms. The normalized spacial score (nSPS) is 21.6. The second-order valence-corrected chi connectivity index (χ2v) is 11.9. The molecule has 1 saturated heterocycles. The third-order valence-electron chi connectivity index (χ3n) is 8.68. The van der Waals surface area contributed by atoms with Crippen LogP contribution in [0, 0.1) is 5.92 Å². The predicted molar refractivity (Wildman–Crippen MR) is 156 cm³/mol. The summed E-state index contributed by atoms with van der Waals surface area (Å²) >= 11 is 0. The van der Waals surface area contributed by atoms with Crippen LogP contribution in [0.4, 0.5) is 30.6 Å². The zero-order chi connectivity index (χ0) is 30.7. The Morgan fingerprint density at radius 1 is 1.07 bits per heavy atom. The van der Waals surface area contributed by atoms with Gasteiger partial charge >= 0.3 is 6.18 Å². The number of likely N-dealkylation sites (tertiary alicyclic amines) is 1. The van der Waals surface area contributed by atoms with Gasteiger partial charge in [0.05, 0.1) is 18.8 Å². The van der Waals surface area contributed by atoms with Crippen molar-refractivity contribution in [2.24, 2.45) is 5.92 Å². The number of carbonyl (C=O) groups is 2. The van der Waals surface area contributed by atoms with Crippen LogP contribution in [0.2, 0.25) is 0 Å². The number of hydrogen-bond donors (Lipinski definition) is 3. The number of halogens is 3. The van der Waals surface area contributed by atoms with E-state index in [1.807, 2.05) is 0 Å². The van der Waals surface area contributed by atoms with E-state index in [4.69, 9.17) is 4.74 Å². The second kappa shape index (κ2) is 12.9. The molecule has 1 aliphatic heterocycles. The number of nitrogens with zero attached hydrogens (tertiary/aromatic N) is 4. The van der Waals surface area contributed by atoms with Crippen molar-refractivity contribution in [1.29, 1.82) is 0 Å². The Labute approximate surface area is 249 Å². The van der Waals surface area contributed by atoms with Crippen LogP contribution in [0.1, 0.15) is 67.3 Å². The number of nitrogens with one attached hydrogen (secondary N) is 3. The van der Waals surface area contributed by atoms with Gasteiger partial charge in [0, 0.05) is 36.8 Å². The van der Waals surface area contributed by atoms with E-state index < -0.39 is 11.7 Å². The van der Waals surface area contributed by atoms with Gasteiger partial charge in [0.25, 0.3) is 5.91 Å². The second-order valence-electron chi connectivity index (χ2n) is 11.9. The number of hydrogen-bond acceptors (Lipinski definition) is 8. The number of anilines is 3. The maximum atomic E-state index is 14.0. The molecule has 5 rings (SSSR count). The molecule has 2 amide bonds. The number of piperidine rings is 1. The topological polar surface area (TPSA) is 112 Å². The van der Waals surface area contributed by atoms with Gasteiger partial charge in [-0.15, -0.1) is 0 Å². The minimum absolute atomic E-state index is 0.0230. The molecule has 3 N–H and O–H groups in total. The molecule has 0 bridgehead atoms. The summed E-state index contributed by atoms with van der Waals surface area (Å²) in [7, 11) is 5.24. The van der Waals surface area contributed by atoms with Gasteiger partial charge < -0.3 is 30.5 Å². The zero-order valence-electron chi connectivity index (χ0n) is 24.8. The highest BCUT2D eigenvalue weighted by Gasteiger charge is 2.40. The maximum Gasteiger partial charge on any atom is 0.421 e. The number of alkyl halides is 3. The van der Waals surface area contributed by atoms with Gasteiger partial charge in [-0.25, -0.2) is 4.98 Å². The fraction of sp³-hybridized carbons (Fsp3) is 0.600. The van der Waals surface area contributed by atoms with Gasteiger partial charge in [-0.05, 0) is 76.9 Å². The summed E-state index contributed by atoms with van der Waals surface area (Å²) in [5, 5.41) is 9.05. The first-order valence-electron chi connectivity index (χ1n) is 15.0. The molecule has 2 saturated carbocycles. The molecule has 43 heavy (non-hydrogen) atoms. The van der Waals surface area contributed by atoms with Gasteiger partial charge in [-0.2, -0.15) is 18.2 Å². The minimum atomic E-state index is -4.68. The van der Waals surface area contributed by atoms with E-state index in [0.717, 1.165) is 57.8 Å². The van der Waals surface area contributed by atoms with E-state index in [-0.39, 0.29) is 47.6 Å². The molecule has 2 atom stereocenters. The summed E-state index contributed by atoms with van der Waals surface area (Å²) in [6.07, 6.45) is 2.61. The number of methoxy groups -OCH3 is 1. The summed E-state index contributed by atoms with van der Waals surface area (Å²) in [4.78, 5) is 37.8. The number of carbonyl (C=O) groups excluding carboxylic acids is 2. The van der Waals surface area contributed by atoms with Crippen molar-refractivity contribution in [2.75, 3.05) is 44.9 Å². The molecule has 2 aliphatic carbocycles. The van der Waals surface area contributed by atoms with Crippen molar-refractivity contribution in [3.8, 4) is 5.75 Å². The van der Waals surface area contributed by atoms with Gasteiger partial charge in [-0.3, -0.25) is 9.59 Å². The zero-order valence-corrected chi connectivity index (χ0v) is 24.8. The van der Waals surface area contributed by atoms with Crippen LogP contribution in [0.3, 0.4) is 0 Å². The lowest BCUT2D eigenvalue weighted by atomic mass is 9.89. The molecule has 1 aromatic heterocycles. The number of ether oxygens (including phenoxy) is 1. The van der Waals surface area contributed by atoms with E-state index in [0.29, 0.717) is 29.8 Å². The van der Waals surface area contributed by atoms with E-state index in [2.05, 4.69) is 37.9 Å². The van der Waals surface area contributed by atoms with Gasteiger partial charge in [0.1, 0.15) is 17.1 Å².